The molecule has 110 heavy (non-hydrogen) atoms. The molecule has 10 aromatic rings. The van der Waals surface area contributed by atoms with Crippen LogP contribution >= 0.6 is 23.1 Å². The summed E-state index contributed by atoms with van der Waals surface area (Å²) in [5, 5.41) is 5.25. The van der Waals surface area contributed by atoms with Crippen LogP contribution in [0.5, 0.6) is 11.5 Å². The van der Waals surface area contributed by atoms with E-state index >= 15 is 0 Å². The first-order valence-electron chi connectivity index (χ1n) is 35.4. The fourth-order valence-electron chi connectivity index (χ4n) is 13.6. The van der Waals surface area contributed by atoms with E-state index in [0.29, 0.717) is 74.6 Å². The molecule has 0 bridgehead atoms. The average molecular weight is 1610 g/mol. The Kier molecular flexibility index (Phi) is 23.7. The lowest BCUT2D eigenvalue weighted by Gasteiger charge is -2.41. The fourth-order valence-corrected chi connectivity index (χ4v) is 17.8. The second-order valence-corrected chi connectivity index (χ2v) is 33.2. The van der Waals surface area contributed by atoms with Crippen molar-refractivity contribution in [2.75, 3.05) is 108 Å². The molecule has 3 atom stereocenters. The molecule has 0 radical (unpaired) electrons. The third-order valence-electron chi connectivity index (χ3n) is 19.6. The van der Waals surface area contributed by atoms with Gasteiger partial charge in [-0.05, 0) is 178 Å². The second-order valence-electron chi connectivity index (χ2n) is 26.6. The molecule has 584 valence electrons. The number of sulfone groups is 1. The number of carbonyl (C=O) groups excluding carboxylic acids is 3. The van der Waals surface area contributed by atoms with Gasteiger partial charge in [-0.3, -0.25) is 23.8 Å². The number of aryl methyl sites for hydroxylation is 1. The number of para-hydroxylation sites is 3. The van der Waals surface area contributed by atoms with Crippen molar-refractivity contribution in [3.63, 3.8) is 0 Å². The van der Waals surface area contributed by atoms with Crippen LogP contribution in [-0.4, -0.2) is 183 Å². The first-order chi connectivity index (χ1) is 52.8. The van der Waals surface area contributed by atoms with Crippen LogP contribution in [0.1, 0.15) is 61.9 Å². The van der Waals surface area contributed by atoms with Gasteiger partial charge in [0, 0.05) is 147 Å². The number of nitrogens with one attached hydrogen (secondary N) is 3. The Morgan fingerprint density at radius 1 is 0.636 bits per heavy atom. The monoisotopic (exact) mass is 1610 g/mol. The van der Waals surface area contributed by atoms with Crippen molar-refractivity contribution in [3.05, 3.63) is 211 Å². The number of amides is 3. The average Bonchev–Trinajstić information content (AvgIpc) is 1.39. The maximum absolute atomic E-state index is 13.4. The second kappa shape index (κ2) is 33.7. The van der Waals surface area contributed by atoms with Crippen LogP contribution in [0.3, 0.4) is 0 Å². The van der Waals surface area contributed by atoms with Gasteiger partial charge < -0.3 is 48.8 Å². The number of hydrogen-bond donors (Lipinski definition) is 3. The third kappa shape index (κ3) is 18.6. The van der Waals surface area contributed by atoms with Gasteiger partial charge in [0.15, 0.2) is 21.3 Å². The highest BCUT2D eigenvalue weighted by Gasteiger charge is 2.37. The number of carbonyl (C=O) groups is 3. The first kappa shape index (κ1) is 77.5. The summed E-state index contributed by atoms with van der Waals surface area (Å²) in [7, 11) is -11.4. The molecule has 9 heterocycles. The zero-order valence-corrected chi connectivity index (χ0v) is 63.7. The highest BCUT2D eigenvalue weighted by atomic mass is 35.5. The summed E-state index contributed by atoms with van der Waals surface area (Å²) in [6.45, 7) is 10.9. The van der Waals surface area contributed by atoms with E-state index in [0.717, 1.165) is 108 Å². The molecule has 35 heteroatoms. The predicted molar refractivity (Wildman–Crippen MR) is 420 cm³/mol. The first-order valence-corrected chi connectivity index (χ1v) is 41.2. The number of benzene rings is 6. The van der Waals surface area contributed by atoms with Crippen molar-refractivity contribution >= 4 is 115 Å². The number of aromatic nitrogens is 7. The Balaban J connectivity index is 0.000000193. The number of alkyl halides is 3. The number of fused-ring (bicyclic) bond motifs is 3. The van der Waals surface area contributed by atoms with Gasteiger partial charge in [-0.2, -0.15) is 17.5 Å². The van der Waals surface area contributed by atoms with Crippen molar-refractivity contribution in [3.8, 4) is 11.5 Å². The minimum atomic E-state index is -4.80. The maximum atomic E-state index is 13.4. The van der Waals surface area contributed by atoms with Crippen LogP contribution in [0, 0.1) is 0 Å². The van der Waals surface area contributed by atoms with Gasteiger partial charge in [0.05, 0.1) is 26.1 Å². The molecule has 6 aromatic carbocycles. The van der Waals surface area contributed by atoms with E-state index in [9.17, 15) is 52.8 Å². The zero-order valence-electron chi connectivity index (χ0n) is 59.7. The highest BCUT2D eigenvalue weighted by Crippen LogP contribution is 2.35. The summed E-state index contributed by atoms with van der Waals surface area (Å²) in [4.78, 5) is 69.8. The van der Waals surface area contributed by atoms with Gasteiger partial charge >= 0.3 is 6.18 Å². The number of nitrogens with zero attached hydrogens (tertiary/aromatic N) is 13. The fraction of sp³-hybridized carbons (Fsp3) is 0.320. The SMILES string of the molecule is C[C@H](C(=O)N1CCN(c2ccc(S(=O)(=O)Nc3ccnc(C(F)(F)F)n3)cc2)CC1)N1CCCc2cc(Cl)ccc21.C[C@H](C(=O)NC1CCN(c2ccc(S(=O)(=O)Nc3ncns3)cc2)CC1)n1ccc2ccccc21.O=C(C1COc2ccccc2O1)N1CCN(c2ccc(S(=O)(=O)Cc3ccncn3)cc2)CC1.[HH].[HH].[HH].[HH]. The molecule has 0 saturated carbocycles. The van der Waals surface area contributed by atoms with Crippen LogP contribution in [0.25, 0.3) is 10.9 Å². The zero-order chi connectivity index (χ0) is 77.3. The molecule has 27 nitrogen and oxygen atoms in total. The molecule has 3 N–H and O–H groups in total. The Bertz CT molecular complexity index is 5260. The standard InChI is InChI=1S/C27H28ClF3N6O3S.C24H26N6O3S2.C24H24N4O5S.4H2/c1-18(37-12-2-3-19-17-20(28)4-9-23(19)37)25(38)36-15-13-35(14-16-36)21-5-7-22(8-6-21)41(39,40)34-24-10-11-32-26(33-24)27(29,30)31;1-17(30-15-10-18-4-2-3-5-22(18)30)23(31)27-19-11-13-29(14-12-19)20-6-8-21(9-7-20)35(32,33)28-24-25-16-26-34-24;29-24(23-15-32-21-3-1-2-4-22(21)33-23)28-13-11-27(12-14-28)19-5-7-20(8-6-19)34(30,31)16-18-9-10-25-17-26-18;;;;/h4-11,17-18H,2-3,12-16H2,1H3,(H,32,33,34);2-10,15-17,19H,11-14H2,1H3,(H,27,31)(H,25,26,28);1-10,17,23H,11-16H2;4*1H/t18-;17-;;;;;/m11...../s1. The van der Waals surface area contributed by atoms with E-state index in [1.54, 1.807) is 65.6 Å². The molecule has 5 aliphatic rings. The molecule has 3 fully saturated rings. The van der Waals surface area contributed by atoms with Gasteiger partial charge in [-0.25, -0.2) is 50.2 Å². The highest BCUT2D eigenvalue weighted by molar-refractivity contribution is 7.93. The van der Waals surface area contributed by atoms with Crippen LogP contribution < -0.4 is 43.8 Å². The Hall–Kier alpha value is -10.7. The predicted octanol–water partition coefficient (Wildman–Crippen LogP) is 11.0. The third-order valence-corrected chi connectivity index (χ3v) is 24.9. The van der Waals surface area contributed by atoms with Crippen LogP contribution in [0.4, 0.5) is 46.9 Å². The Morgan fingerprint density at radius 2 is 1.25 bits per heavy atom. The van der Waals surface area contributed by atoms with Gasteiger partial charge in [-0.15, -0.1) is 0 Å². The summed E-state index contributed by atoms with van der Waals surface area (Å²) in [6, 6.07) is 45.0. The molecule has 0 aliphatic carbocycles. The molecule has 5 aliphatic heterocycles. The number of halogens is 4. The lowest BCUT2D eigenvalue weighted by molar-refractivity contribution is -0.145. The summed E-state index contributed by atoms with van der Waals surface area (Å²) in [6.07, 6.45) is 5.05. The largest absolute Gasteiger partial charge is 0.485 e. The molecule has 3 saturated heterocycles. The summed E-state index contributed by atoms with van der Waals surface area (Å²) in [5.74, 6) is -0.873. The van der Waals surface area contributed by atoms with Gasteiger partial charge in [0.2, 0.25) is 28.9 Å². The van der Waals surface area contributed by atoms with Crippen molar-refractivity contribution in [1.29, 1.82) is 0 Å². The lowest BCUT2D eigenvalue weighted by Crippen LogP contribution is -2.55. The van der Waals surface area contributed by atoms with Gasteiger partial charge in [-0.1, -0.05) is 41.9 Å². The van der Waals surface area contributed by atoms with Crippen molar-refractivity contribution in [1.82, 2.24) is 49.0 Å². The quantitative estimate of drug-likeness (QED) is 0.0719. The number of ether oxygens (including phenoxy) is 2. The molecule has 3 amide bonds. The summed E-state index contributed by atoms with van der Waals surface area (Å²) in [5.41, 5.74) is 6.34. The normalized spacial score (nSPS) is 16.8. The topological polar surface area (TPSA) is 310 Å². The number of anilines is 6. The van der Waals surface area contributed by atoms with E-state index < -0.39 is 53.8 Å². The van der Waals surface area contributed by atoms with Crippen LogP contribution in [0.2, 0.25) is 5.02 Å². The van der Waals surface area contributed by atoms with Crippen molar-refractivity contribution in [2.45, 2.75) is 90.4 Å². The van der Waals surface area contributed by atoms with Crippen molar-refractivity contribution in [2.24, 2.45) is 0 Å². The van der Waals surface area contributed by atoms with E-state index in [1.165, 1.54) is 31.0 Å². The molecular formula is C75H86ClF3N16O11S4. The smallest absolute Gasteiger partial charge is 0.451 e. The van der Waals surface area contributed by atoms with Gasteiger partial charge in [0.25, 0.3) is 26.0 Å². The van der Waals surface area contributed by atoms with E-state index in [4.69, 9.17) is 21.1 Å². The minimum absolute atomic E-state index is 0. The van der Waals surface area contributed by atoms with E-state index in [-0.39, 0.29) is 73.7 Å². The molecule has 0 spiro atoms. The minimum Gasteiger partial charge on any atom is -0.485 e. The van der Waals surface area contributed by atoms with E-state index in [1.807, 2.05) is 108 Å². The number of piperazine rings is 2. The maximum Gasteiger partial charge on any atom is 0.451 e. The molecular weight excluding hydrogens is 1520 g/mol. The number of piperidine rings is 1. The van der Waals surface area contributed by atoms with Crippen LogP contribution in [0.15, 0.2) is 204 Å². The Labute approximate surface area is 649 Å². The number of rotatable bonds is 18. The summed E-state index contributed by atoms with van der Waals surface area (Å²) >= 11 is 7.15. The van der Waals surface area contributed by atoms with E-state index in [2.05, 4.69) is 63.7 Å². The van der Waals surface area contributed by atoms with Crippen LogP contribution in [-0.2, 0) is 62.6 Å². The lowest BCUT2D eigenvalue weighted by atomic mass is 10.00. The Morgan fingerprint density at radius 3 is 1.87 bits per heavy atom. The molecule has 4 aromatic heterocycles. The number of hydrogen-bond acceptors (Lipinski definition) is 22. The molecule has 15 rings (SSSR count). The van der Waals surface area contributed by atoms with Gasteiger partial charge in [0.1, 0.15) is 37.2 Å². The molecule has 1 unspecified atom stereocenters. The summed E-state index contributed by atoms with van der Waals surface area (Å²) < 4.78 is 136. The number of sulfonamides is 2. The van der Waals surface area contributed by atoms with Crippen molar-refractivity contribution < 1.29 is 68.0 Å².